The van der Waals surface area contributed by atoms with E-state index < -0.39 is 11.7 Å². The van der Waals surface area contributed by atoms with Gasteiger partial charge in [0.2, 0.25) is 11.7 Å². The number of alkyl halides is 3. The number of aryl methyl sites for hydroxylation is 1. The number of piperazine rings is 1. The van der Waals surface area contributed by atoms with Crippen LogP contribution >= 0.6 is 0 Å². The fourth-order valence-corrected chi connectivity index (χ4v) is 3.56. The van der Waals surface area contributed by atoms with E-state index in [0.717, 1.165) is 17.8 Å². The van der Waals surface area contributed by atoms with Gasteiger partial charge < -0.3 is 9.42 Å². The van der Waals surface area contributed by atoms with Gasteiger partial charge in [0, 0.05) is 37.9 Å². The molecule has 1 aliphatic rings. The van der Waals surface area contributed by atoms with E-state index in [1.807, 2.05) is 6.92 Å². The summed E-state index contributed by atoms with van der Waals surface area (Å²) < 4.78 is 44.0. The highest BCUT2D eigenvalue weighted by Gasteiger charge is 2.31. The molecule has 1 fully saturated rings. The molecular weight excluding hydrogens is 425 g/mol. The Morgan fingerprint density at radius 1 is 1.19 bits per heavy atom. The normalized spacial score (nSPS) is 15.2. The molecule has 3 heterocycles. The van der Waals surface area contributed by atoms with Crippen LogP contribution in [0.5, 0.6) is 0 Å². The third-order valence-corrected chi connectivity index (χ3v) is 5.29. The van der Waals surface area contributed by atoms with Crippen LogP contribution in [0, 0.1) is 0 Å². The van der Waals surface area contributed by atoms with Gasteiger partial charge in [0.15, 0.2) is 0 Å². The number of rotatable bonds is 5. The molecule has 8 nitrogen and oxygen atoms in total. The van der Waals surface area contributed by atoms with Gasteiger partial charge in [-0.2, -0.15) is 18.2 Å². The zero-order valence-corrected chi connectivity index (χ0v) is 17.3. The Labute approximate surface area is 182 Å². The first kappa shape index (κ1) is 21.9. The van der Waals surface area contributed by atoms with Gasteiger partial charge in [0.1, 0.15) is 6.33 Å². The van der Waals surface area contributed by atoms with Gasteiger partial charge >= 0.3 is 6.18 Å². The summed E-state index contributed by atoms with van der Waals surface area (Å²) >= 11 is 0. The predicted molar refractivity (Wildman–Crippen MR) is 107 cm³/mol. The monoisotopic (exact) mass is 446 g/mol. The Hall–Kier alpha value is -3.34. The van der Waals surface area contributed by atoms with Crippen LogP contribution in [-0.2, 0) is 19.1 Å². The molecule has 0 aliphatic carbocycles. The van der Waals surface area contributed by atoms with Gasteiger partial charge in [-0.3, -0.25) is 9.69 Å². The van der Waals surface area contributed by atoms with E-state index in [-0.39, 0.29) is 17.3 Å². The van der Waals surface area contributed by atoms with Crippen molar-refractivity contribution in [3.63, 3.8) is 0 Å². The molecule has 1 aromatic carbocycles. The van der Waals surface area contributed by atoms with Crippen molar-refractivity contribution in [1.29, 1.82) is 0 Å². The Morgan fingerprint density at radius 3 is 2.69 bits per heavy atom. The minimum absolute atomic E-state index is 0.0910. The van der Waals surface area contributed by atoms with Gasteiger partial charge in [-0.05, 0) is 18.6 Å². The lowest BCUT2D eigenvalue weighted by Gasteiger charge is -2.34. The zero-order chi connectivity index (χ0) is 22.7. The predicted octanol–water partition coefficient (Wildman–Crippen LogP) is 3.07. The maximum atomic E-state index is 12.9. The number of hydrogen-bond donors (Lipinski definition) is 0. The summed E-state index contributed by atoms with van der Waals surface area (Å²) in [4.78, 5) is 29.0. The Morgan fingerprint density at radius 2 is 1.97 bits per heavy atom. The number of benzene rings is 1. The van der Waals surface area contributed by atoms with E-state index in [2.05, 4.69) is 25.0 Å². The Balaban J connectivity index is 1.36. The molecule has 11 heteroatoms. The molecule has 0 atom stereocenters. The molecule has 0 bridgehead atoms. The van der Waals surface area contributed by atoms with E-state index in [4.69, 9.17) is 4.52 Å². The molecule has 168 valence electrons. The third-order valence-electron chi connectivity index (χ3n) is 5.29. The summed E-state index contributed by atoms with van der Waals surface area (Å²) in [5.41, 5.74) is 0.714. The second-order valence-corrected chi connectivity index (χ2v) is 7.40. The van der Waals surface area contributed by atoms with Crippen molar-refractivity contribution in [1.82, 2.24) is 29.9 Å². The van der Waals surface area contributed by atoms with Crippen molar-refractivity contribution in [3.05, 3.63) is 59.5 Å². The molecule has 0 unspecified atom stereocenters. The van der Waals surface area contributed by atoms with Crippen LogP contribution in [0.4, 0.5) is 13.2 Å². The van der Waals surface area contributed by atoms with E-state index in [9.17, 15) is 18.0 Å². The molecule has 4 rings (SSSR count). The summed E-state index contributed by atoms with van der Waals surface area (Å²) in [7, 11) is 0. The van der Waals surface area contributed by atoms with Crippen LogP contribution in [0.2, 0.25) is 0 Å². The zero-order valence-electron chi connectivity index (χ0n) is 17.3. The van der Waals surface area contributed by atoms with Gasteiger partial charge in [0.05, 0.1) is 23.4 Å². The van der Waals surface area contributed by atoms with Crippen molar-refractivity contribution in [3.8, 4) is 11.4 Å². The molecule has 0 saturated carbocycles. The SMILES string of the molecule is CCc1ncncc1C(=O)N1CCN(Cc2nc(-c3cccc(C(F)(F)F)c3)no2)CC1. The fourth-order valence-electron chi connectivity index (χ4n) is 3.56. The van der Waals surface area contributed by atoms with Crippen LogP contribution in [0.15, 0.2) is 41.3 Å². The van der Waals surface area contributed by atoms with E-state index in [1.54, 1.807) is 11.1 Å². The summed E-state index contributed by atoms with van der Waals surface area (Å²) in [5, 5.41) is 3.82. The quantitative estimate of drug-likeness (QED) is 0.595. The first-order valence-electron chi connectivity index (χ1n) is 10.2. The lowest BCUT2D eigenvalue weighted by Crippen LogP contribution is -2.48. The lowest BCUT2D eigenvalue weighted by atomic mass is 10.1. The smallest absolute Gasteiger partial charge is 0.338 e. The Bertz CT molecular complexity index is 1090. The minimum Gasteiger partial charge on any atom is -0.338 e. The highest BCUT2D eigenvalue weighted by atomic mass is 19.4. The minimum atomic E-state index is -4.44. The maximum absolute atomic E-state index is 12.9. The average Bonchev–Trinajstić information content (AvgIpc) is 3.27. The van der Waals surface area contributed by atoms with Crippen LogP contribution in [0.1, 0.15) is 34.4 Å². The number of carbonyl (C=O) groups excluding carboxylic acids is 1. The van der Waals surface area contributed by atoms with Crippen LogP contribution in [-0.4, -0.2) is 62.0 Å². The number of amides is 1. The highest BCUT2D eigenvalue weighted by Crippen LogP contribution is 2.31. The number of halogens is 3. The molecule has 0 N–H and O–H groups in total. The van der Waals surface area contributed by atoms with Crippen molar-refractivity contribution in [2.45, 2.75) is 26.1 Å². The molecule has 0 spiro atoms. The molecule has 2 aromatic heterocycles. The highest BCUT2D eigenvalue weighted by molar-refractivity contribution is 5.95. The topological polar surface area (TPSA) is 88.3 Å². The van der Waals surface area contributed by atoms with Gasteiger partial charge in [-0.25, -0.2) is 9.97 Å². The van der Waals surface area contributed by atoms with Crippen molar-refractivity contribution in [2.24, 2.45) is 0 Å². The molecule has 1 aliphatic heterocycles. The second-order valence-electron chi connectivity index (χ2n) is 7.40. The summed E-state index contributed by atoms with van der Waals surface area (Å²) in [6.07, 6.45) is -0.807. The van der Waals surface area contributed by atoms with E-state index >= 15 is 0 Å². The van der Waals surface area contributed by atoms with Crippen LogP contribution in [0.25, 0.3) is 11.4 Å². The Kier molecular flexibility index (Phi) is 6.17. The lowest BCUT2D eigenvalue weighted by molar-refractivity contribution is -0.137. The first-order valence-corrected chi connectivity index (χ1v) is 10.2. The number of carbonyl (C=O) groups is 1. The molecule has 0 radical (unpaired) electrons. The summed E-state index contributed by atoms with van der Waals surface area (Å²) in [6, 6.07) is 4.81. The molecule has 3 aromatic rings. The van der Waals surface area contributed by atoms with Crippen LogP contribution < -0.4 is 0 Å². The summed E-state index contributed by atoms with van der Waals surface area (Å²) in [5.74, 6) is 0.324. The molecule has 32 heavy (non-hydrogen) atoms. The van der Waals surface area contributed by atoms with Gasteiger partial charge in [-0.15, -0.1) is 0 Å². The number of aromatic nitrogens is 4. The standard InChI is InChI=1S/C21H21F3N6O2/c1-2-17-16(11-25-13-26-17)20(31)30-8-6-29(7-9-30)12-18-27-19(28-32-18)14-4-3-5-15(10-14)21(22,23)24/h3-5,10-11,13H,2,6-9,12H2,1H3. The summed E-state index contributed by atoms with van der Waals surface area (Å²) in [6.45, 7) is 4.53. The average molecular weight is 446 g/mol. The van der Waals surface area contributed by atoms with Gasteiger partial charge in [-0.1, -0.05) is 24.2 Å². The molecule has 1 saturated heterocycles. The van der Waals surface area contributed by atoms with Crippen molar-refractivity contribution >= 4 is 5.91 Å². The molecular formula is C21H21F3N6O2. The first-order chi connectivity index (χ1) is 15.3. The molecule has 1 amide bonds. The number of hydrogen-bond acceptors (Lipinski definition) is 7. The largest absolute Gasteiger partial charge is 0.416 e. The number of nitrogens with zero attached hydrogens (tertiary/aromatic N) is 6. The third kappa shape index (κ3) is 4.77. The van der Waals surface area contributed by atoms with E-state index in [1.165, 1.54) is 18.5 Å². The van der Waals surface area contributed by atoms with Crippen molar-refractivity contribution < 1.29 is 22.5 Å². The van der Waals surface area contributed by atoms with Crippen LogP contribution in [0.3, 0.4) is 0 Å². The van der Waals surface area contributed by atoms with Crippen molar-refractivity contribution in [2.75, 3.05) is 26.2 Å². The van der Waals surface area contributed by atoms with Gasteiger partial charge in [0.25, 0.3) is 5.91 Å². The maximum Gasteiger partial charge on any atom is 0.416 e. The van der Waals surface area contributed by atoms with E-state index in [0.29, 0.717) is 50.6 Å². The fraction of sp³-hybridized carbons (Fsp3) is 0.381. The second kappa shape index (κ2) is 9.03.